The minimum Gasteiger partial charge on any atom is -0.483 e. The maximum atomic E-state index is 13.4. The summed E-state index contributed by atoms with van der Waals surface area (Å²) in [6.45, 7) is 6.70. The molecular weight excluding hydrogens is 496 g/mol. The highest BCUT2D eigenvalue weighted by atomic mass is 35.5. The van der Waals surface area contributed by atoms with Gasteiger partial charge in [-0.15, -0.1) is 0 Å². The van der Waals surface area contributed by atoms with E-state index < -0.39 is 0 Å². The van der Waals surface area contributed by atoms with E-state index in [0.29, 0.717) is 42.4 Å². The molecule has 1 aliphatic rings. The second-order valence-electron chi connectivity index (χ2n) is 9.01. The number of amides is 1. The summed E-state index contributed by atoms with van der Waals surface area (Å²) >= 11 is 6.04. The molecule has 1 aliphatic heterocycles. The Morgan fingerprint density at radius 2 is 1.63 bits per heavy atom. The van der Waals surface area contributed by atoms with E-state index in [-0.39, 0.29) is 18.3 Å². The lowest BCUT2D eigenvalue weighted by Crippen LogP contribution is -2.34. The van der Waals surface area contributed by atoms with Crippen molar-refractivity contribution < 1.29 is 14.3 Å². The van der Waals surface area contributed by atoms with Crippen LogP contribution in [0.4, 0.5) is 5.69 Å². The molecule has 0 fully saturated rings. The average Bonchev–Trinajstić information content (AvgIpc) is 3.25. The van der Waals surface area contributed by atoms with Gasteiger partial charge in [0.2, 0.25) is 0 Å². The number of anilines is 1. The molecule has 0 aliphatic carbocycles. The lowest BCUT2D eigenvalue weighted by Gasteiger charge is -2.23. The maximum Gasteiger partial charge on any atom is 0.265 e. The van der Waals surface area contributed by atoms with E-state index in [0.717, 1.165) is 28.1 Å². The summed E-state index contributed by atoms with van der Waals surface area (Å²) in [5.74, 6) is 0.581. The van der Waals surface area contributed by atoms with E-state index in [1.165, 1.54) is 0 Å². The summed E-state index contributed by atoms with van der Waals surface area (Å²) in [6.07, 6.45) is 1.13. The summed E-state index contributed by atoms with van der Waals surface area (Å²) in [7, 11) is 0. The lowest BCUT2D eigenvalue weighted by atomic mass is 10.1. The molecule has 5 nitrogen and oxygen atoms in total. The van der Waals surface area contributed by atoms with Gasteiger partial charge < -0.3 is 14.2 Å². The molecule has 0 N–H and O–H groups in total. The molecule has 0 bridgehead atoms. The maximum absolute atomic E-state index is 13.4. The molecule has 0 atom stereocenters. The molecule has 6 heteroatoms. The zero-order valence-electron chi connectivity index (χ0n) is 22.1. The van der Waals surface area contributed by atoms with E-state index in [1.807, 2.05) is 98.1 Å². The number of halogens is 1. The van der Waals surface area contributed by atoms with Crippen molar-refractivity contribution in [1.82, 2.24) is 4.57 Å². The SMILES string of the molecule is CC.Cc1cc(Cl)ccc1OCC(=O)N1Cc2ccc(C(=O)CCc3ccccc3)n2Cc2ccccc21. The van der Waals surface area contributed by atoms with Gasteiger partial charge in [0.1, 0.15) is 5.75 Å². The van der Waals surface area contributed by atoms with E-state index in [2.05, 4.69) is 0 Å². The molecule has 0 saturated carbocycles. The number of ketones is 1. The van der Waals surface area contributed by atoms with Crippen LogP contribution in [0, 0.1) is 6.92 Å². The van der Waals surface area contributed by atoms with Gasteiger partial charge in [0.15, 0.2) is 12.4 Å². The number of hydrogen-bond acceptors (Lipinski definition) is 3. The number of carbonyl (C=O) groups excluding carboxylic acids is 2. The van der Waals surface area contributed by atoms with E-state index in [1.54, 1.807) is 17.0 Å². The van der Waals surface area contributed by atoms with Gasteiger partial charge in [-0.2, -0.15) is 0 Å². The number of aryl methyl sites for hydroxylation is 2. The molecule has 3 aromatic carbocycles. The molecule has 2 heterocycles. The number of ether oxygens (including phenoxy) is 1. The van der Waals surface area contributed by atoms with Crippen molar-refractivity contribution >= 4 is 29.0 Å². The molecule has 196 valence electrons. The second kappa shape index (κ2) is 12.6. The van der Waals surface area contributed by atoms with E-state index in [4.69, 9.17) is 16.3 Å². The summed E-state index contributed by atoms with van der Waals surface area (Å²) in [5.41, 5.74) is 5.44. The molecule has 1 amide bonds. The number of fused-ring (bicyclic) bond motifs is 2. The van der Waals surface area contributed by atoms with Crippen molar-refractivity contribution in [3.05, 3.63) is 118 Å². The van der Waals surface area contributed by atoms with Gasteiger partial charge in [-0.05, 0) is 66.4 Å². The van der Waals surface area contributed by atoms with Gasteiger partial charge in [0, 0.05) is 22.8 Å². The van der Waals surface area contributed by atoms with Crippen LogP contribution in [0.2, 0.25) is 5.02 Å². The summed E-state index contributed by atoms with van der Waals surface area (Å²) in [4.78, 5) is 28.3. The number of nitrogens with zero attached hydrogens (tertiary/aromatic N) is 2. The van der Waals surface area contributed by atoms with Gasteiger partial charge in [0.05, 0.1) is 18.8 Å². The molecular formula is C32H33ClN2O3. The first-order valence-corrected chi connectivity index (χ1v) is 13.4. The van der Waals surface area contributed by atoms with Crippen molar-refractivity contribution in [3.63, 3.8) is 0 Å². The fourth-order valence-corrected chi connectivity index (χ4v) is 4.88. The quantitative estimate of drug-likeness (QED) is 0.237. The fraction of sp³-hybridized carbons (Fsp3) is 0.250. The van der Waals surface area contributed by atoms with Gasteiger partial charge >= 0.3 is 0 Å². The number of carbonyl (C=O) groups is 2. The zero-order chi connectivity index (χ0) is 27.1. The van der Waals surface area contributed by atoms with Crippen molar-refractivity contribution in [1.29, 1.82) is 0 Å². The Kier molecular flexibility index (Phi) is 9.03. The van der Waals surface area contributed by atoms with Gasteiger partial charge in [-0.1, -0.05) is 74.0 Å². The van der Waals surface area contributed by atoms with Crippen LogP contribution in [0.5, 0.6) is 5.75 Å². The van der Waals surface area contributed by atoms with Crippen LogP contribution < -0.4 is 9.64 Å². The summed E-state index contributed by atoms with van der Waals surface area (Å²) in [6, 6.07) is 27.0. The third kappa shape index (κ3) is 6.17. The molecule has 5 rings (SSSR count). The Morgan fingerprint density at radius 3 is 2.39 bits per heavy atom. The van der Waals surface area contributed by atoms with Crippen LogP contribution in [0.15, 0.2) is 84.9 Å². The molecule has 0 saturated heterocycles. The second-order valence-corrected chi connectivity index (χ2v) is 9.45. The van der Waals surface area contributed by atoms with Crippen LogP contribution >= 0.6 is 11.6 Å². The first-order valence-electron chi connectivity index (χ1n) is 13.0. The van der Waals surface area contributed by atoms with Crippen LogP contribution in [-0.2, 0) is 24.3 Å². The lowest BCUT2D eigenvalue weighted by molar-refractivity contribution is -0.120. The third-order valence-electron chi connectivity index (χ3n) is 6.56. The Labute approximate surface area is 229 Å². The first-order chi connectivity index (χ1) is 18.5. The van der Waals surface area contributed by atoms with Gasteiger partial charge in [-0.3, -0.25) is 9.59 Å². The van der Waals surface area contributed by atoms with E-state index in [9.17, 15) is 9.59 Å². The topological polar surface area (TPSA) is 51.5 Å². The van der Waals surface area contributed by atoms with Crippen molar-refractivity contribution in [3.8, 4) is 5.75 Å². The number of aromatic nitrogens is 1. The van der Waals surface area contributed by atoms with Crippen LogP contribution in [-0.4, -0.2) is 22.9 Å². The first kappa shape index (κ1) is 27.2. The average molecular weight is 529 g/mol. The fourth-order valence-electron chi connectivity index (χ4n) is 4.65. The minimum atomic E-state index is -0.150. The molecule has 1 aromatic heterocycles. The molecule has 38 heavy (non-hydrogen) atoms. The summed E-state index contributed by atoms with van der Waals surface area (Å²) < 4.78 is 7.90. The standard InChI is InChI=1S/C30H27ClN2O3.C2H6/c1-21-17-24(31)12-16-29(21)36-20-30(35)33-19-25-13-14-27(28(34)15-11-22-7-3-2-4-8-22)32(25)18-23-9-5-6-10-26(23)33;1-2/h2-10,12-14,16-17H,11,15,18-20H2,1H3;1-2H3. The number of para-hydroxylation sites is 1. The number of rotatable bonds is 7. The van der Waals surface area contributed by atoms with Gasteiger partial charge in [-0.25, -0.2) is 0 Å². The van der Waals surface area contributed by atoms with Crippen molar-refractivity contribution in [2.45, 2.75) is 46.7 Å². The normalized spacial score (nSPS) is 11.9. The van der Waals surface area contributed by atoms with Crippen LogP contribution in [0.1, 0.15) is 53.1 Å². The van der Waals surface area contributed by atoms with E-state index >= 15 is 0 Å². The van der Waals surface area contributed by atoms with Crippen molar-refractivity contribution in [2.75, 3.05) is 11.5 Å². The van der Waals surface area contributed by atoms with Crippen molar-refractivity contribution in [2.24, 2.45) is 0 Å². The van der Waals surface area contributed by atoms with Gasteiger partial charge in [0.25, 0.3) is 5.91 Å². The van der Waals surface area contributed by atoms with Crippen LogP contribution in [0.3, 0.4) is 0 Å². The molecule has 0 spiro atoms. The highest BCUT2D eigenvalue weighted by molar-refractivity contribution is 6.30. The largest absolute Gasteiger partial charge is 0.483 e. The zero-order valence-corrected chi connectivity index (χ0v) is 22.9. The highest BCUT2D eigenvalue weighted by Crippen LogP contribution is 2.30. The highest BCUT2D eigenvalue weighted by Gasteiger charge is 2.26. The number of benzene rings is 3. The smallest absolute Gasteiger partial charge is 0.265 e. The Hall–Kier alpha value is -3.83. The monoisotopic (exact) mass is 528 g/mol. The predicted octanol–water partition coefficient (Wildman–Crippen LogP) is 7.27. The molecule has 0 radical (unpaired) electrons. The predicted molar refractivity (Wildman–Crippen MR) is 153 cm³/mol. The Bertz CT molecular complexity index is 1410. The summed E-state index contributed by atoms with van der Waals surface area (Å²) in [5, 5.41) is 0.627. The minimum absolute atomic E-state index is 0.0968. The third-order valence-corrected chi connectivity index (χ3v) is 6.80. The Morgan fingerprint density at radius 1 is 0.895 bits per heavy atom. The number of Topliss-reactive ketones (excluding diaryl/α,β-unsaturated/α-hetero) is 1. The Balaban J connectivity index is 0.00000164. The molecule has 0 unspecified atom stereocenters. The molecule has 4 aromatic rings. The number of hydrogen-bond donors (Lipinski definition) is 0. The van der Waals surface area contributed by atoms with Crippen LogP contribution in [0.25, 0.3) is 0 Å².